The lowest BCUT2D eigenvalue weighted by Crippen LogP contribution is -2.42. The van der Waals surface area contributed by atoms with E-state index < -0.39 is 0 Å². The summed E-state index contributed by atoms with van der Waals surface area (Å²) in [5.74, 6) is 0.669. The second-order valence-electron chi connectivity index (χ2n) is 7.88. The lowest BCUT2D eigenvalue weighted by molar-refractivity contribution is 0.0666. The van der Waals surface area contributed by atoms with E-state index in [-0.39, 0.29) is 18.3 Å². The highest BCUT2D eigenvalue weighted by Crippen LogP contribution is 2.29. The van der Waals surface area contributed by atoms with Crippen molar-refractivity contribution in [2.45, 2.75) is 45.4 Å². The minimum absolute atomic E-state index is 0. The van der Waals surface area contributed by atoms with Gasteiger partial charge in [0.1, 0.15) is 0 Å². The van der Waals surface area contributed by atoms with Crippen LogP contribution in [0.5, 0.6) is 0 Å². The lowest BCUT2D eigenvalue weighted by Gasteiger charge is -2.32. The number of hydrogen-bond donors (Lipinski definition) is 1. The average Bonchev–Trinajstić information content (AvgIpc) is 3.31. The molecule has 5 nitrogen and oxygen atoms in total. The van der Waals surface area contributed by atoms with E-state index in [4.69, 9.17) is 5.10 Å². The number of nitrogens with one attached hydrogen (secondary N) is 1. The first kappa shape index (κ1) is 20.9. The first-order chi connectivity index (χ1) is 13.2. The molecule has 0 spiro atoms. The van der Waals surface area contributed by atoms with Crippen molar-refractivity contribution in [3.05, 3.63) is 46.8 Å². The molecule has 0 radical (unpaired) electrons. The highest BCUT2D eigenvalue weighted by atomic mass is 35.5. The Morgan fingerprint density at radius 3 is 2.71 bits per heavy atom. The molecule has 1 saturated heterocycles. The first-order valence-electron chi connectivity index (χ1n) is 10.3. The monoisotopic (exact) mass is 402 g/mol. The fourth-order valence-electron chi connectivity index (χ4n) is 4.55. The summed E-state index contributed by atoms with van der Waals surface area (Å²) < 4.78 is 2.02. The number of piperidine rings is 1. The van der Waals surface area contributed by atoms with Gasteiger partial charge in [-0.25, -0.2) is 4.68 Å². The summed E-state index contributed by atoms with van der Waals surface area (Å²) in [6.45, 7) is 4.83. The molecule has 2 aliphatic rings. The molecule has 1 N–H and O–H groups in total. The van der Waals surface area contributed by atoms with Crippen LogP contribution in [-0.4, -0.2) is 47.3 Å². The summed E-state index contributed by atoms with van der Waals surface area (Å²) in [7, 11) is 1.99. The van der Waals surface area contributed by atoms with E-state index in [0.717, 1.165) is 57.4 Å². The van der Waals surface area contributed by atoms with Gasteiger partial charge < -0.3 is 10.2 Å². The summed E-state index contributed by atoms with van der Waals surface area (Å²) >= 11 is 0. The normalized spacial score (nSPS) is 18.6. The maximum absolute atomic E-state index is 13.3. The predicted octanol–water partition coefficient (Wildman–Crippen LogP) is 3.42. The molecule has 28 heavy (non-hydrogen) atoms. The topological polar surface area (TPSA) is 50.2 Å². The summed E-state index contributed by atoms with van der Waals surface area (Å²) in [6.07, 6.45) is 6.40. The zero-order chi connectivity index (χ0) is 18.8. The quantitative estimate of drug-likeness (QED) is 0.833. The molecule has 1 unspecified atom stereocenters. The number of carbonyl (C=O) groups excluding carboxylic acids is 1. The van der Waals surface area contributed by atoms with Gasteiger partial charge in [-0.05, 0) is 75.7 Å². The van der Waals surface area contributed by atoms with Crippen LogP contribution in [-0.2, 0) is 19.3 Å². The molecule has 1 aromatic carbocycles. The van der Waals surface area contributed by atoms with Gasteiger partial charge in [-0.1, -0.05) is 19.1 Å². The molecule has 2 aromatic rings. The molecule has 4 rings (SSSR count). The van der Waals surface area contributed by atoms with E-state index in [1.165, 1.54) is 23.2 Å². The lowest BCUT2D eigenvalue weighted by atomic mass is 9.97. The van der Waals surface area contributed by atoms with E-state index in [1.54, 1.807) is 0 Å². The van der Waals surface area contributed by atoms with Crippen molar-refractivity contribution in [3.63, 3.8) is 0 Å². The highest BCUT2D eigenvalue weighted by molar-refractivity contribution is 5.94. The minimum atomic E-state index is 0. The number of aryl methyl sites for hydroxylation is 1. The molecular weight excluding hydrogens is 372 g/mol. The number of likely N-dealkylation sites (tertiary alicyclic amines) is 1. The minimum Gasteiger partial charge on any atom is -0.337 e. The van der Waals surface area contributed by atoms with Gasteiger partial charge >= 0.3 is 0 Å². The Morgan fingerprint density at radius 2 is 2.00 bits per heavy atom. The number of nitrogens with zero attached hydrogens (tertiary/aromatic N) is 3. The maximum atomic E-state index is 13.3. The van der Waals surface area contributed by atoms with Crippen molar-refractivity contribution in [1.29, 1.82) is 0 Å². The van der Waals surface area contributed by atoms with Crippen LogP contribution >= 0.6 is 12.4 Å². The van der Waals surface area contributed by atoms with Crippen molar-refractivity contribution in [1.82, 2.24) is 20.0 Å². The summed E-state index contributed by atoms with van der Waals surface area (Å²) in [6, 6.07) is 8.57. The molecule has 1 aromatic heterocycles. The smallest absolute Gasteiger partial charge is 0.274 e. The van der Waals surface area contributed by atoms with Crippen molar-refractivity contribution < 1.29 is 4.79 Å². The number of amides is 1. The molecule has 2 heterocycles. The number of aromatic nitrogens is 2. The molecule has 1 fully saturated rings. The van der Waals surface area contributed by atoms with Gasteiger partial charge in [0.15, 0.2) is 5.69 Å². The number of halogens is 1. The maximum Gasteiger partial charge on any atom is 0.274 e. The van der Waals surface area contributed by atoms with Gasteiger partial charge in [0, 0.05) is 24.3 Å². The molecule has 6 heteroatoms. The first-order valence-corrected chi connectivity index (χ1v) is 10.3. The second kappa shape index (κ2) is 9.10. The number of fused-ring (bicyclic) bond motifs is 1. The van der Waals surface area contributed by atoms with Crippen LogP contribution in [0.2, 0.25) is 0 Å². The number of carbonyl (C=O) groups is 1. The zero-order valence-electron chi connectivity index (χ0n) is 16.9. The fourth-order valence-corrected chi connectivity index (χ4v) is 4.55. The highest BCUT2D eigenvalue weighted by Gasteiger charge is 2.31. The Morgan fingerprint density at radius 1 is 1.21 bits per heavy atom. The number of benzene rings is 1. The van der Waals surface area contributed by atoms with Crippen LogP contribution in [0.3, 0.4) is 0 Å². The van der Waals surface area contributed by atoms with Gasteiger partial charge in [0.25, 0.3) is 5.91 Å². The SMILES string of the molecule is CCc1ccc(-n2nc(C(=O)N3CCCC(CNC)C3)c3c2CCC3)cc1.Cl. The summed E-state index contributed by atoms with van der Waals surface area (Å²) in [5, 5.41) is 8.07. The van der Waals surface area contributed by atoms with Crippen LogP contribution in [0, 0.1) is 5.92 Å². The molecule has 1 amide bonds. The Bertz CT molecular complexity index is 813. The summed E-state index contributed by atoms with van der Waals surface area (Å²) in [5.41, 5.74) is 5.48. The van der Waals surface area contributed by atoms with Crippen molar-refractivity contribution >= 4 is 18.3 Å². The van der Waals surface area contributed by atoms with Crippen molar-refractivity contribution in [3.8, 4) is 5.69 Å². The molecule has 1 aliphatic carbocycles. The van der Waals surface area contributed by atoms with Crippen LogP contribution in [0.15, 0.2) is 24.3 Å². The van der Waals surface area contributed by atoms with E-state index in [1.807, 2.05) is 16.6 Å². The van der Waals surface area contributed by atoms with E-state index in [0.29, 0.717) is 11.6 Å². The average molecular weight is 403 g/mol. The molecule has 1 aliphatic heterocycles. The van der Waals surface area contributed by atoms with Gasteiger partial charge in [-0.2, -0.15) is 5.10 Å². The number of rotatable bonds is 5. The van der Waals surface area contributed by atoms with E-state index >= 15 is 0 Å². The fraction of sp³-hybridized carbons (Fsp3) is 0.545. The number of hydrogen-bond acceptors (Lipinski definition) is 3. The van der Waals surface area contributed by atoms with Gasteiger partial charge in [0.2, 0.25) is 0 Å². The van der Waals surface area contributed by atoms with Gasteiger partial charge in [0.05, 0.1) is 5.69 Å². The largest absolute Gasteiger partial charge is 0.337 e. The van der Waals surface area contributed by atoms with Crippen LogP contribution < -0.4 is 5.32 Å². The third kappa shape index (κ3) is 3.96. The van der Waals surface area contributed by atoms with Crippen molar-refractivity contribution in [2.75, 3.05) is 26.7 Å². The second-order valence-corrected chi connectivity index (χ2v) is 7.88. The Kier molecular flexibility index (Phi) is 6.78. The molecule has 0 saturated carbocycles. The zero-order valence-corrected chi connectivity index (χ0v) is 17.7. The van der Waals surface area contributed by atoms with Gasteiger partial charge in [-0.3, -0.25) is 4.79 Å². The summed E-state index contributed by atoms with van der Waals surface area (Å²) in [4.78, 5) is 15.3. The van der Waals surface area contributed by atoms with Crippen LogP contribution in [0.25, 0.3) is 5.69 Å². The third-order valence-electron chi connectivity index (χ3n) is 6.02. The third-order valence-corrected chi connectivity index (χ3v) is 6.02. The van der Waals surface area contributed by atoms with Gasteiger partial charge in [-0.15, -0.1) is 12.4 Å². The Labute approximate surface area is 173 Å². The molecule has 0 bridgehead atoms. The van der Waals surface area contributed by atoms with E-state index in [9.17, 15) is 4.79 Å². The van der Waals surface area contributed by atoms with Crippen LogP contribution in [0.1, 0.15) is 53.5 Å². The van der Waals surface area contributed by atoms with Crippen molar-refractivity contribution in [2.24, 2.45) is 5.92 Å². The molecule has 1 atom stereocenters. The standard InChI is InChI=1S/C22H30N4O.ClH/c1-3-16-9-11-18(12-10-16)26-20-8-4-7-19(20)21(24-26)22(27)25-13-5-6-17(15-25)14-23-2;/h9-12,17,23H,3-8,13-15H2,1-2H3;1H. The Balaban J connectivity index is 0.00000225. The van der Waals surface area contributed by atoms with Crippen LogP contribution in [0.4, 0.5) is 0 Å². The molecular formula is C22H31ClN4O. The Hall–Kier alpha value is -1.85. The molecule has 152 valence electrons. The predicted molar refractivity (Wildman–Crippen MR) is 115 cm³/mol. The van der Waals surface area contributed by atoms with E-state index in [2.05, 4.69) is 36.5 Å².